The molecule has 1 rings (SSSR count). The first kappa shape index (κ1) is 13.3. The maximum absolute atomic E-state index is 11.3. The van der Waals surface area contributed by atoms with Crippen molar-refractivity contribution >= 4 is 6.09 Å². The molecule has 1 aromatic rings. The predicted molar refractivity (Wildman–Crippen MR) is 63.8 cm³/mol. The average Bonchev–Trinajstić information content (AvgIpc) is 2.14. The Bertz CT molecular complexity index is 386. The Kier molecular flexibility index (Phi) is 4.31. The van der Waals surface area contributed by atoms with Gasteiger partial charge in [-0.25, -0.2) is 4.79 Å². The number of carbonyl (C=O) groups excluding carboxylic acids is 1. The van der Waals surface area contributed by atoms with Crippen LogP contribution in [0.15, 0.2) is 18.5 Å². The molecule has 0 aromatic carbocycles. The Morgan fingerprint density at radius 2 is 2.18 bits per heavy atom. The zero-order valence-corrected chi connectivity index (χ0v) is 10.4. The summed E-state index contributed by atoms with van der Waals surface area (Å²) in [6, 6.07) is 1.61. The third kappa shape index (κ3) is 5.75. The van der Waals surface area contributed by atoms with E-state index in [0.29, 0.717) is 13.0 Å². The molecule has 5 nitrogen and oxygen atoms in total. The molecular weight excluding hydrogens is 220 g/mol. The molecule has 0 bridgehead atoms. The van der Waals surface area contributed by atoms with Crippen molar-refractivity contribution < 1.29 is 14.6 Å². The summed E-state index contributed by atoms with van der Waals surface area (Å²) in [6.45, 7) is 5.88. The van der Waals surface area contributed by atoms with E-state index in [1.54, 1.807) is 12.3 Å². The van der Waals surface area contributed by atoms with Gasteiger partial charge >= 0.3 is 6.09 Å². The van der Waals surface area contributed by atoms with E-state index in [1.807, 2.05) is 20.8 Å². The molecule has 0 radical (unpaired) electrons. The fourth-order valence-corrected chi connectivity index (χ4v) is 1.23. The minimum absolute atomic E-state index is 0.125. The van der Waals surface area contributed by atoms with E-state index in [0.717, 1.165) is 5.56 Å². The van der Waals surface area contributed by atoms with E-state index in [9.17, 15) is 9.90 Å². The number of ether oxygens (including phenoxy) is 1. The summed E-state index contributed by atoms with van der Waals surface area (Å²) < 4.78 is 5.08. The van der Waals surface area contributed by atoms with Crippen molar-refractivity contribution in [2.45, 2.75) is 32.8 Å². The van der Waals surface area contributed by atoms with Gasteiger partial charge in [-0.1, -0.05) is 0 Å². The van der Waals surface area contributed by atoms with Gasteiger partial charge in [0.05, 0.1) is 6.20 Å². The third-order valence-corrected chi connectivity index (χ3v) is 1.86. The quantitative estimate of drug-likeness (QED) is 0.843. The molecule has 5 heteroatoms. The summed E-state index contributed by atoms with van der Waals surface area (Å²) in [4.78, 5) is 15.2. The smallest absolute Gasteiger partial charge is 0.407 e. The molecule has 0 aliphatic carbocycles. The number of amides is 1. The van der Waals surface area contributed by atoms with Gasteiger partial charge in [0, 0.05) is 12.7 Å². The molecule has 94 valence electrons. The first-order valence-corrected chi connectivity index (χ1v) is 5.46. The Hall–Kier alpha value is -1.78. The van der Waals surface area contributed by atoms with Crippen molar-refractivity contribution in [3.05, 3.63) is 24.0 Å². The SMILES string of the molecule is CC(C)(C)OC(=O)NCCc1cncc(O)c1. The minimum Gasteiger partial charge on any atom is -0.506 e. The van der Waals surface area contributed by atoms with Crippen LogP contribution in [-0.4, -0.2) is 28.3 Å². The van der Waals surface area contributed by atoms with Gasteiger partial charge < -0.3 is 15.2 Å². The molecule has 0 spiro atoms. The molecule has 17 heavy (non-hydrogen) atoms. The largest absolute Gasteiger partial charge is 0.506 e. The van der Waals surface area contributed by atoms with Crippen molar-refractivity contribution in [2.24, 2.45) is 0 Å². The van der Waals surface area contributed by atoms with E-state index in [-0.39, 0.29) is 5.75 Å². The molecule has 1 heterocycles. The zero-order chi connectivity index (χ0) is 12.9. The fraction of sp³-hybridized carbons (Fsp3) is 0.500. The minimum atomic E-state index is -0.489. The molecule has 0 fully saturated rings. The van der Waals surface area contributed by atoms with Crippen molar-refractivity contribution in [2.75, 3.05) is 6.54 Å². The number of carbonyl (C=O) groups is 1. The summed E-state index contributed by atoms with van der Waals surface area (Å²) in [5.41, 5.74) is 0.373. The highest BCUT2D eigenvalue weighted by molar-refractivity contribution is 5.67. The maximum atomic E-state index is 11.3. The number of nitrogens with zero attached hydrogens (tertiary/aromatic N) is 1. The van der Waals surface area contributed by atoms with Crippen molar-refractivity contribution in [3.8, 4) is 5.75 Å². The molecular formula is C12H18N2O3. The molecule has 1 amide bonds. The molecule has 0 aliphatic rings. The Labute approximate surface area is 101 Å². The fourth-order valence-electron chi connectivity index (χ4n) is 1.23. The highest BCUT2D eigenvalue weighted by Gasteiger charge is 2.15. The number of alkyl carbamates (subject to hydrolysis) is 1. The average molecular weight is 238 g/mol. The van der Waals surface area contributed by atoms with Gasteiger partial charge in [-0.05, 0) is 38.8 Å². The summed E-state index contributed by atoms with van der Waals surface area (Å²) in [5.74, 6) is 0.125. The topological polar surface area (TPSA) is 71.5 Å². The standard InChI is InChI=1S/C12H18N2O3/c1-12(2,3)17-11(16)14-5-4-9-6-10(15)8-13-7-9/h6-8,15H,4-5H2,1-3H3,(H,14,16). The van der Waals surface area contributed by atoms with Crippen LogP contribution >= 0.6 is 0 Å². The van der Waals surface area contributed by atoms with Gasteiger partial charge in [-0.3, -0.25) is 4.98 Å². The predicted octanol–water partition coefficient (Wildman–Crippen LogP) is 1.85. The molecule has 0 saturated carbocycles. The molecule has 2 N–H and O–H groups in total. The second kappa shape index (κ2) is 5.52. The first-order valence-electron chi connectivity index (χ1n) is 5.46. The number of hydrogen-bond donors (Lipinski definition) is 2. The van der Waals surface area contributed by atoms with Crippen molar-refractivity contribution in [3.63, 3.8) is 0 Å². The van der Waals surface area contributed by atoms with Crippen LogP contribution in [-0.2, 0) is 11.2 Å². The Morgan fingerprint density at radius 3 is 2.76 bits per heavy atom. The highest BCUT2D eigenvalue weighted by atomic mass is 16.6. The Morgan fingerprint density at radius 1 is 1.47 bits per heavy atom. The molecule has 0 saturated heterocycles. The second-order valence-electron chi connectivity index (χ2n) is 4.73. The maximum Gasteiger partial charge on any atom is 0.407 e. The lowest BCUT2D eigenvalue weighted by Gasteiger charge is -2.19. The molecule has 1 aromatic heterocycles. The summed E-state index contributed by atoms with van der Waals surface area (Å²) in [6.07, 6.45) is 3.17. The van der Waals surface area contributed by atoms with Gasteiger partial charge in [0.25, 0.3) is 0 Å². The van der Waals surface area contributed by atoms with Crippen LogP contribution in [0.25, 0.3) is 0 Å². The Balaban J connectivity index is 2.31. The number of aromatic hydroxyl groups is 1. The summed E-state index contributed by atoms with van der Waals surface area (Å²) in [5, 5.41) is 11.8. The molecule has 0 aliphatic heterocycles. The first-order chi connectivity index (χ1) is 7.87. The van der Waals surface area contributed by atoms with E-state index in [2.05, 4.69) is 10.3 Å². The highest BCUT2D eigenvalue weighted by Crippen LogP contribution is 2.09. The van der Waals surface area contributed by atoms with Crippen LogP contribution in [0.4, 0.5) is 4.79 Å². The van der Waals surface area contributed by atoms with Gasteiger partial charge in [0.2, 0.25) is 0 Å². The van der Waals surface area contributed by atoms with Crippen molar-refractivity contribution in [1.29, 1.82) is 0 Å². The van der Waals surface area contributed by atoms with E-state index in [1.165, 1.54) is 6.20 Å². The number of hydrogen-bond acceptors (Lipinski definition) is 4. The van der Waals surface area contributed by atoms with E-state index >= 15 is 0 Å². The molecule has 0 unspecified atom stereocenters. The number of aromatic nitrogens is 1. The molecule has 0 atom stereocenters. The lowest BCUT2D eigenvalue weighted by Crippen LogP contribution is -2.33. The van der Waals surface area contributed by atoms with E-state index < -0.39 is 11.7 Å². The lowest BCUT2D eigenvalue weighted by molar-refractivity contribution is 0.0528. The summed E-state index contributed by atoms with van der Waals surface area (Å²) >= 11 is 0. The number of nitrogens with one attached hydrogen (secondary N) is 1. The van der Waals surface area contributed by atoms with E-state index in [4.69, 9.17) is 4.74 Å². The monoisotopic (exact) mass is 238 g/mol. The summed E-state index contributed by atoms with van der Waals surface area (Å²) in [7, 11) is 0. The number of pyridine rings is 1. The van der Waals surface area contributed by atoms with Crippen LogP contribution in [0.1, 0.15) is 26.3 Å². The van der Waals surface area contributed by atoms with Crippen LogP contribution in [0.5, 0.6) is 5.75 Å². The van der Waals surface area contributed by atoms with Crippen molar-refractivity contribution in [1.82, 2.24) is 10.3 Å². The van der Waals surface area contributed by atoms with Gasteiger partial charge in [-0.15, -0.1) is 0 Å². The van der Waals surface area contributed by atoms with Crippen LogP contribution in [0.3, 0.4) is 0 Å². The number of rotatable bonds is 3. The lowest BCUT2D eigenvalue weighted by atomic mass is 10.2. The van der Waals surface area contributed by atoms with Crippen LogP contribution < -0.4 is 5.32 Å². The second-order valence-corrected chi connectivity index (χ2v) is 4.73. The van der Waals surface area contributed by atoms with Gasteiger partial charge in [0.1, 0.15) is 11.4 Å². The third-order valence-electron chi connectivity index (χ3n) is 1.86. The van der Waals surface area contributed by atoms with Crippen LogP contribution in [0, 0.1) is 0 Å². The normalized spacial score (nSPS) is 11.0. The van der Waals surface area contributed by atoms with Gasteiger partial charge in [0.15, 0.2) is 0 Å². The van der Waals surface area contributed by atoms with Crippen LogP contribution in [0.2, 0.25) is 0 Å². The zero-order valence-electron chi connectivity index (χ0n) is 10.4. The van der Waals surface area contributed by atoms with Gasteiger partial charge in [-0.2, -0.15) is 0 Å².